The van der Waals surface area contributed by atoms with E-state index in [0.29, 0.717) is 6.54 Å². The number of ether oxygens (including phenoxy) is 1. The molecule has 0 unspecified atom stereocenters. The lowest BCUT2D eigenvalue weighted by molar-refractivity contribution is -0.115. The first-order valence-corrected chi connectivity index (χ1v) is 5.36. The summed E-state index contributed by atoms with van der Waals surface area (Å²) in [6.45, 7) is 4.54. The number of hydrogen-bond donors (Lipinski definition) is 1. The summed E-state index contributed by atoms with van der Waals surface area (Å²) >= 11 is 0. The summed E-state index contributed by atoms with van der Waals surface area (Å²) in [4.78, 5) is 13.6. The van der Waals surface area contributed by atoms with Crippen molar-refractivity contribution < 1.29 is 9.53 Å². The predicted molar refractivity (Wildman–Crippen MR) is 64.1 cm³/mol. The summed E-state index contributed by atoms with van der Waals surface area (Å²) in [5, 5.41) is 2.86. The fraction of sp³-hybridized carbons (Fsp3) is 0.417. The Hall–Kier alpha value is -1.71. The quantitative estimate of drug-likeness (QED) is 0.827. The topological polar surface area (TPSA) is 41.6 Å². The van der Waals surface area contributed by atoms with Crippen LogP contribution in [-0.2, 0) is 4.79 Å². The van der Waals surface area contributed by atoms with Crippen molar-refractivity contribution in [2.24, 2.45) is 0 Å². The number of anilines is 2. The molecule has 4 nitrogen and oxygen atoms in total. The molecule has 0 atom stereocenters. The van der Waals surface area contributed by atoms with E-state index in [1.165, 1.54) is 0 Å². The van der Waals surface area contributed by atoms with Crippen molar-refractivity contribution >= 4 is 17.3 Å². The summed E-state index contributed by atoms with van der Waals surface area (Å²) in [7, 11) is 1.64. The van der Waals surface area contributed by atoms with Gasteiger partial charge in [-0.05, 0) is 26.0 Å². The van der Waals surface area contributed by atoms with E-state index in [2.05, 4.69) is 24.1 Å². The van der Waals surface area contributed by atoms with E-state index in [1.807, 2.05) is 18.2 Å². The first kappa shape index (κ1) is 10.8. The normalized spacial score (nSPS) is 14.8. The monoisotopic (exact) mass is 220 g/mol. The van der Waals surface area contributed by atoms with Gasteiger partial charge in [-0.15, -0.1) is 0 Å². The number of carbonyl (C=O) groups excluding carboxylic acids is 1. The third-order valence-corrected chi connectivity index (χ3v) is 2.73. The molecule has 1 aromatic carbocycles. The van der Waals surface area contributed by atoms with E-state index in [0.717, 1.165) is 17.1 Å². The van der Waals surface area contributed by atoms with Crippen molar-refractivity contribution in [1.29, 1.82) is 0 Å². The molecule has 1 N–H and O–H groups in total. The second-order valence-electron chi connectivity index (χ2n) is 4.15. The standard InChI is InChI=1S/C12H16N2O2/c1-8(2)14-7-12(15)13-10-5-4-9(16-3)6-11(10)14/h4-6,8H,7H2,1-3H3,(H,13,15). The maximum absolute atomic E-state index is 11.5. The van der Waals surface area contributed by atoms with Crippen molar-refractivity contribution in [2.75, 3.05) is 23.9 Å². The van der Waals surface area contributed by atoms with E-state index >= 15 is 0 Å². The maximum Gasteiger partial charge on any atom is 0.243 e. The molecule has 0 aromatic heterocycles. The molecule has 0 fully saturated rings. The minimum atomic E-state index is 0.0337. The van der Waals surface area contributed by atoms with Crippen molar-refractivity contribution in [2.45, 2.75) is 19.9 Å². The Morgan fingerprint density at radius 1 is 1.44 bits per heavy atom. The van der Waals surface area contributed by atoms with Crippen LogP contribution in [0.5, 0.6) is 5.75 Å². The molecular weight excluding hydrogens is 204 g/mol. The van der Waals surface area contributed by atoms with Crippen molar-refractivity contribution in [3.05, 3.63) is 18.2 Å². The number of methoxy groups -OCH3 is 1. The number of hydrogen-bond acceptors (Lipinski definition) is 3. The average Bonchev–Trinajstić information content (AvgIpc) is 2.27. The summed E-state index contributed by atoms with van der Waals surface area (Å²) < 4.78 is 5.20. The smallest absolute Gasteiger partial charge is 0.243 e. The zero-order valence-corrected chi connectivity index (χ0v) is 9.78. The highest BCUT2D eigenvalue weighted by atomic mass is 16.5. The van der Waals surface area contributed by atoms with Crippen molar-refractivity contribution in [1.82, 2.24) is 0 Å². The van der Waals surface area contributed by atoms with Crippen LogP contribution < -0.4 is 15.0 Å². The molecule has 1 aliphatic heterocycles. The molecule has 86 valence electrons. The van der Waals surface area contributed by atoms with Crippen LogP contribution in [0.15, 0.2) is 18.2 Å². The molecule has 4 heteroatoms. The minimum Gasteiger partial charge on any atom is -0.497 e. The lowest BCUT2D eigenvalue weighted by Gasteiger charge is -2.34. The summed E-state index contributed by atoms with van der Waals surface area (Å²) in [6.07, 6.45) is 0. The number of nitrogens with one attached hydrogen (secondary N) is 1. The van der Waals surface area contributed by atoms with Crippen molar-refractivity contribution in [3.8, 4) is 5.75 Å². The summed E-state index contributed by atoms with van der Waals surface area (Å²) in [5.41, 5.74) is 1.87. The molecule has 0 spiro atoms. The predicted octanol–water partition coefficient (Wildman–Crippen LogP) is 1.86. The zero-order chi connectivity index (χ0) is 11.7. The van der Waals surface area contributed by atoms with Crippen LogP contribution in [0.4, 0.5) is 11.4 Å². The zero-order valence-electron chi connectivity index (χ0n) is 9.78. The lowest BCUT2D eigenvalue weighted by atomic mass is 10.1. The van der Waals surface area contributed by atoms with Gasteiger partial charge in [-0.3, -0.25) is 4.79 Å². The molecule has 16 heavy (non-hydrogen) atoms. The fourth-order valence-electron chi connectivity index (χ4n) is 1.87. The van der Waals surface area contributed by atoms with Gasteiger partial charge in [0.25, 0.3) is 0 Å². The molecular formula is C12H16N2O2. The van der Waals surface area contributed by atoms with Crippen LogP contribution in [0.2, 0.25) is 0 Å². The molecule has 1 heterocycles. The van der Waals surface area contributed by atoms with Crippen LogP contribution >= 0.6 is 0 Å². The molecule has 1 amide bonds. The van der Waals surface area contributed by atoms with Crippen LogP contribution in [0.3, 0.4) is 0 Å². The number of carbonyl (C=O) groups is 1. The van der Waals surface area contributed by atoms with Gasteiger partial charge in [0.15, 0.2) is 0 Å². The summed E-state index contributed by atoms with van der Waals surface area (Å²) in [6, 6.07) is 5.97. The number of rotatable bonds is 2. The van der Waals surface area contributed by atoms with Gasteiger partial charge in [0.05, 0.1) is 25.0 Å². The number of fused-ring (bicyclic) bond motifs is 1. The molecule has 0 radical (unpaired) electrons. The third kappa shape index (κ3) is 1.83. The van der Waals surface area contributed by atoms with E-state index in [4.69, 9.17) is 4.74 Å². The van der Waals surface area contributed by atoms with E-state index < -0.39 is 0 Å². The minimum absolute atomic E-state index is 0.0337. The van der Waals surface area contributed by atoms with Gasteiger partial charge in [-0.25, -0.2) is 0 Å². The largest absolute Gasteiger partial charge is 0.497 e. The molecule has 1 aromatic rings. The van der Waals surface area contributed by atoms with Crippen molar-refractivity contribution in [3.63, 3.8) is 0 Å². The molecule has 0 bridgehead atoms. The van der Waals surface area contributed by atoms with E-state index in [-0.39, 0.29) is 11.9 Å². The third-order valence-electron chi connectivity index (χ3n) is 2.73. The molecule has 0 aliphatic carbocycles. The number of benzene rings is 1. The van der Waals surface area contributed by atoms with Gasteiger partial charge in [-0.1, -0.05) is 0 Å². The number of nitrogens with zero attached hydrogens (tertiary/aromatic N) is 1. The van der Waals surface area contributed by atoms with Gasteiger partial charge >= 0.3 is 0 Å². The average molecular weight is 220 g/mol. The van der Waals surface area contributed by atoms with Crippen LogP contribution in [0.25, 0.3) is 0 Å². The van der Waals surface area contributed by atoms with Crippen LogP contribution in [-0.4, -0.2) is 25.6 Å². The Kier molecular flexibility index (Phi) is 2.73. The molecule has 1 aliphatic rings. The van der Waals surface area contributed by atoms with Gasteiger partial charge in [0.1, 0.15) is 5.75 Å². The SMILES string of the molecule is COc1ccc2c(c1)N(C(C)C)CC(=O)N2. The molecule has 0 saturated heterocycles. The van der Waals surface area contributed by atoms with Gasteiger partial charge in [0, 0.05) is 12.1 Å². The second kappa shape index (κ2) is 4.04. The highest BCUT2D eigenvalue weighted by Crippen LogP contribution is 2.33. The highest BCUT2D eigenvalue weighted by molar-refractivity contribution is 6.01. The Morgan fingerprint density at radius 2 is 2.19 bits per heavy atom. The van der Waals surface area contributed by atoms with Crippen LogP contribution in [0.1, 0.15) is 13.8 Å². The van der Waals surface area contributed by atoms with Gasteiger partial charge < -0.3 is 15.0 Å². The fourth-order valence-corrected chi connectivity index (χ4v) is 1.87. The Bertz CT molecular complexity index is 415. The first-order chi connectivity index (χ1) is 7.61. The van der Waals surface area contributed by atoms with Gasteiger partial charge in [0.2, 0.25) is 5.91 Å². The second-order valence-corrected chi connectivity index (χ2v) is 4.15. The molecule has 0 saturated carbocycles. The Labute approximate surface area is 95.2 Å². The maximum atomic E-state index is 11.5. The lowest BCUT2D eigenvalue weighted by Crippen LogP contribution is -2.42. The Morgan fingerprint density at radius 3 is 2.81 bits per heavy atom. The van der Waals surface area contributed by atoms with E-state index in [1.54, 1.807) is 7.11 Å². The summed E-state index contributed by atoms with van der Waals surface area (Å²) in [5.74, 6) is 0.840. The Balaban J connectivity index is 2.45. The van der Waals surface area contributed by atoms with E-state index in [9.17, 15) is 4.79 Å². The molecule has 2 rings (SSSR count). The first-order valence-electron chi connectivity index (χ1n) is 5.36. The number of amides is 1. The highest BCUT2D eigenvalue weighted by Gasteiger charge is 2.24. The van der Waals surface area contributed by atoms with Gasteiger partial charge in [-0.2, -0.15) is 0 Å². The van der Waals surface area contributed by atoms with Crippen LogP contribution in [0, 0.1) is 0 Å².